The van der Waals surface area contributed by atoms with Crippen LogP contribution >= 0.6 is 24.0 Å². The number of pyridine rings is 1. The van der Waals surface area contributed by atoms with Crippen molar-refractivity contribution < 1.29 is 9.53 Å². The van der Waals surface area contributed by atoms with Gasteiger partial charge in [0.1, 0.15) is 15.8 Å². The Labute approximate surface area is 195 Å². The second-order valence-corrected chi connectivity index (χ2v) is 9.98. The highest BCUT2D eigenvalue weighted by Crippen LogP contribution is 2.34. The maximum Gasteiger partial charge on any atom is 0.267 e. The molecule has 0 radical (unpaired) electrons. The average molecular weight is 472 g/mol. The molecule has 0 aliphatic carbocycles. The van der Waals surface area contributed by atoms with Crippen LogP contribution in [-0.2, 0) is 9.53 Å². The van der Waals surface area contributed by atoms with Gasteiger partial charge in [-0.2, -0.15) is 0 Å². The molecule has 0 bridgehead atoms. The SMILES string of the molecule is CN1CCN(c2nc3ccccn3c(=O)c2/C=C2\SC(=S)N(C[C@@H]3CCCO3)C2=O)CC1. The van der Waals surface area contributed by atoms with Gasteiger partial charge in [0.05, 0.1) is 23.1 Å². The predicted molar refractivity (Wildman–Crippen MR) is 130 cm³/mol. The third-order valence-electron chi connectivity index (χ3n) is 6.11. The van der Waals surface area contributed by atoms with E-state index >= 15 is 0 Å². The highest BCUT2D eigenvalue weighted by Gasteiger charge is 2.35. The first kappa shape index (κ1) is 21.6. The lowest BCUT2D eigenvalue weighted by Gasteiger charge is -2.34. The molecule has 3 saturated heterocycles. The highest BCUT2D eigenvalue weighted by molar-refractivity contribution is 8.26. The van der Waals surface area contributed by atoms with Gasteiger partial charge in [-0.1, -0.05) is 30.0 Å². The Morgan fingerprint density at radius 2 is 2.06 bits per heavy atom. The molecule has 32 heavy (non-hydrogen) atoms. The van der Waals surface area contributed by atoms with Crippen LogP contribution in [0, 0.1) is 0 Å². The molecule has 2 aromatic rings. The maximum absolute atomic E-state index is 13.4. The summed E-state index contributed by atoms with van der Waals surface area (Å²) in [6.45, 7) is 4.50. The minimum atomic E-state index is -0.186. The molecule has 3 aliphatic heterocycles. The smallest absolute Gasteiger partial charge is 0.267 e. The molecule has 168 valence electrons. The zero-order valence-electron chi connectivity index (χ0n) is 17.9. The zero-order chi connectivity index (χ0) is 22.2. The van der Waals surface area contributed by atoms with Gasteiger partial charge in [-0.25, -0.2) is 4.98 Å². The maximum atomic E-state index is 13.4. The van der Waals surface area contributed by atoms with E-state index in [1.165, 1.54) is 16.2 Å². The van der Waals surface area contributed by atoms with Crippen molar-refractivity contribution >= 4 is 51.7 Å². The van der Waals surface area contributed by atoms with Crippen molar-refractivity contribution in [3.8, 4) is 0 Å². The van der Waals surface area contributed by atoms with Gasteiger partial charge in [0.15, 0.2) is 0 Å². The normalized spacial score (nSPS) is 23.8. The number of amides is 1. The summed E-state index contributed by atoms with van der Waals surface area (Å²) in [6, 6.07) is 5.49. The van der Waals surface area contributed by atoms with Gasteiger partial charge in [0.25, 0.3) is 11.5 Å². The molecule has 0 unspecified atom stereocenters. The molecule has 5 rings (SSSR count). The molecule has 1 amide bonds. The number of nitrogens with zero attached hydrogens (tertiary/aromatic N) is 5. The van der Waals surface area contributed by atoms with Crippen molar-refractivity contribution in [2.45, 2.75) is 18.9 Å². The van der Waals surface area contributed by atoms with Crippen LogP contribution in [0.4, 0.5) is 5.82 Å². The van der Waals surface area contributed by atoms with E-state index in [0.29, 0.717) is 32.8 Å². The fraction of sp³-hybridized carbons (Fsp3) is 0.455. The largest absolute Gasteiger partial charge is 0.376 e. The van der Waals surface area contributed by atoms with Gasteiger partial charge >= 0.3 is 0 Å². The summed E-state index contributed by atoms with van der Waals surface area (Å²) in [5.41, 5.74) is 0.833. The molecule has 0 aromatic carbocycles. The van der Waals surface area contributed by atoms with Crippen molar-refractivity contribution in [3.05, 3.63) is 45.2 Å². The van der Waals surface area contributed by atoms with Crippen LogP contribution in [0.5, 0.6) is 0 Å². The second-order valence-electron chi connectivity index (χ2n) is 8.30. The lowest BCUT2D eigenvalue weighted by molar-refractivity contribution is -0.123. The Morgan fingerprint density at radius 3 is 2.81 bits per heavy atom. The number of hydrogen-bond donors (Lipinski definition) is 0. The lowest BCUT2D eigenvalue weighted by atomic mass is 10.2. The van der Waals surface area contributed by atoms with E-state index in [-0.39, 0.29) is 17.6 Å². The van der Waals surface area contributed by atoms with Crippen LogP contribution in [0.2, 0.25) is 0 Å². The van der Waals surface area contributed by atoms with Gasteiger partial charge in [0.2, 0.25) is 0 Å². The van der Waals surface area contributed by atoms with Crippen LogP contribution in [-0.4, -0.2) is 81.9 Å². The summed E-state index contributed by atoms with van der Waals surface area (Å²) in [5.74, 6) is 0.455. The number of carbonyl (C=O) groups excluding carboxylic acids is 1. The fourth-order valence-corrected chi connectivity index (χ4v) is 5.51. The molecule has 1 atom stereocenters. The van der Waals surface area contributed by atoms with Crippen molar-refractivity contribution in [1.82, 2.24) is 19.2 Å². The van der Waals surface area contributed by atoms with E-state index in [1.807, 2.05) is 12.1 Å². The van der Waals surface area contributed by atoms with Gasteiger partial charge < -0.3 is 14.5 Å². The first-order valence-corrected chi connectivity index (χ1v) is 12.1. The number of rotatable bonds is 4. The molecule has 5 heterocycles. The number of thioether (sulfide) groups is 1. The summed E-state index contributed by atoms with van der Waals surface area (Å²) < 4.78 is 7.72. The molecular weight excluding hydrogens is 446 g/mol. The second kappa shape index (κ2) is 8.93. The summed E-state index contributed by atoms with van der Waals surface area (Å²) in [7, 11) is 2.08. The number of thiocarbonyl (C=S) groups is 1. The first-order chi connectivity index (χ1) is 15.5. The van der Waals surface area contributed by atoms with Gasteiger partial charge in [-0.3, -0.25) is 18.9 Å². The van der Waals surface area contributed by atoms with Gasteiger partial charge in [-0.15, -0.1) is 0 Å². The topological polar surface area (TPSA) is 70.4 Å². The third kappa shape index (κ3) is 4.07. The number of piperazine rings is 1. The monoisotopic (exact) mass is 471 g/mol. The van der Waals surface area contributed by atoms with Crippen LogP contribution in [0.3, 0.4) is 0 Å². The molecule has 0 N–H and O–H groups in total. The number of carbonyl (C=O) groups is 1. The highest BCUT2D eigenvalue weighted by atomic mass is 32.2. The summed E-state index contributed by atoms with van der Waals surface area (Å²) in [6.07, 6.45) is 5.34. The van der Waals surface area contributed by atoms with E-state index < -0.39 is 0 Å². The fourth-order valence-electron chi connectivity index (χ4n) is 4.26. The Bertz CT molecular complexity index is 1150. The van der Waals surface area contributed by atoms with E-state index in [9.17, 15) is 9.59 Å². The first-order valence-electron chi connectivity index (χ1n) is 10.8. The van der Waals surface area contributed by atoms with Crippen LogP contribution < -0.4 is 10.5 Å². The van der Waals surface area contributed by atoms with Crippen LogP contribution in [0.25, 0.3) is 11.7 Å². The molecular formula is C22H25N5O3S2. The Morgan fingerprint density at radius 1 is 1.25 bits per heavy atom. The minimum absolute atomic E-state index is 0.0192. The zero-order valence-corrected chi connectivity index (χ0v) is 19.5. The minimum Gasteiger partial charge on any atom is -0.376 e. The van der Waals surface area contributed by atoms with Gasteiger partial charge in [-0.05, 0) is 38.1 Å². The van der Waals surface area contributed by atoms with Crippen molar-refractivity contribution in [3.63, 3.8) is 0 Å². The predicted octanol–water partition coefficient (Wildman–Crippen LogP) is 1.83. The summed E-state index contributed by atoms with van der Waals surface area (Å²) in [5, 5.41) is 0. The van der Waals surface area contributed by atoms with E-state index in [2.05, 4.69) is 16.8 Å². The van der Waals surface area contributed by atoms with Crippen molar-refractivity contribution in [1.29, 1.82) is 0 Å². The van der Waals surface area contributed by atoms with E-state index in [0.717, 1.165) is 45.6 Å². The number of anilines is 1. The third-order valence-corrected chi connectivity index (χ3v) is 7.49. The number of likely N-dealkylation sites (N-methyl/N-ethyl adjacent to an activating group) is 1. The number of ether oxygens (including phenoxy) is 1. The van der Waals surface area contributed by atoms with Gasteiger partial charge in [0, 0.05) is 39.0 Å². The number of hydrogen-bond acceptors (Lipinski definition) is 8. The number of fused-ring (bicyclic) bond motifs is 1. The van der Waals surface area contributed by atoms with E-state index in [1.54, 1.807) is 23.2 Å². The molecule has 10 heteroatoms. The van der Waals surface area contributed by atoms with Crippen molar-refractivity contribution in [2.75, 3.05) is 51.3 Å². The Balaban J connectivity index is 1.54. The van der Waals surface area contributed by atoms with Crippen molar-refractivity contribution in [2.24, 2.45) is 0 Å². The average Bonchev–Trinajstić information content (AvgIpc) is 3.40. The molecule has 0 spiro atoms. The quantitative estimate of drug-likeness (QED) is 0.494. The van der Waals surface area contributed by atoms with Crippen LogP contribution in [0.1, 0.15) is 18.4 Å². The Hall–Kier alpha value is -2.27. The standard InChI is InChI=1S/C22H25N5O3S2/c1-24-8-10-25(11-9-24)19-16(20(28)26-7-3-2-6-18(26)23-19)13-17-21(29)27(22(31)32-17)14-15-5-4-12-30-15/h2-3,6-7,13,15H,4-5,8-12,14H2,1H3/b17-13-/t15-/m0/s1. The molecule has 8 nitrogen and oxygen atoms in total. The Kier molecular flexibility index (Phi) is 6.02. The molecule has 3 aliphatic rings. The molecule has 0 saturated carbocycles. The summed E-state index contributed by atoms with van der Waals surface area (Å²) >= 11 is 6.72. The number of aromatic nitrogens is 2. The van der Waals surface area contributed by atoms with E-state index in [4.69, 9.17) is 21.9 Å². The molecule has 3 fully saturated rings. The lowest BCUT2D eigenvalue weighted by Crippen LogP contribution is -2.45. The summed E-state index contributed by atoms with van der Waals surface area (Å²) in [4.78, 5) is 37.9. The van der Waals surface area contributed by atoms with Crippen LogP contribution in [0.15, 0.2) is 34.1 Å². The molecule has 2 aromatic heterocycles.